The molecule has 2 rings (SSSR count). The number of ether oxygens (including phenoxy) is 1. The molecular formula is C15H22ClNO. The van der Waals surface area contributed by atoms with E-state index in [1.165, 1.54) is 12.0 Å². The van der Waals surface area contributed by atoms with E-state index >= 15 is 0 Å². The first-order chi connectivity index (χ1) is 8.58. The van der Waals surface area contributed by atoms with Gasteiger partial charge in [0.15, 0.2) is 0 Å². The van der Waals surface area contributed by atoms with Gasteiger partial charge in [0.2, 0.25) is 0 Å². The third-order valence-corrected chi connectivity index (χ3v) is 3.83. The molecule has 0 aliphatic carbocycles. The summed E-state index contributed by atoms with van der Waals surface area (Å²) in [5, 5.41) is 4.16. The van der Waals surface area contributed by atoms with Gasteiger partial charge in [-0.2, -0.15) is 0 Å². The Balaban J connectivity index is 2.17. The van der Waals surface area contributed by atoms with Crippen LogP contribution in [-0.2, 0) is 0 Å². The van der Waals surface area contributed by atoms with Crippen molar-refractivity contribution in [2.45, 2.75) is 39.2 Å². The van der Waals surface area contributed by atoms with Crippen LogP contribution in [0.1, 0.15) is 38.7 Å². The smallest absolute Gasteiger partial charge is 0.138 e. The van der Waals surface area contributed by atoms with Crippen LogP contribution in [0, 0.1) is 5.92 Å². The molecular weight excluding hydrogens is 246 g/mol. The van der Waals surface area contributed by atoms with Gasteiger partial charge in [0, 0.05) is 0 Å². The van der Waals surface area contributed by atoms with E-state index in [4.69, 9.17) is 16.3 Å². The lowest BCUT2D eigenvalue weighted by atomic mass is 9.82. The van der Waals surface area contributed by atoms with Crippen LogP contribution < -0.4 is 10.1 Å². The number of hydrogen-bond donors (Lipinski definition) is 1. The van der Waals surface area contributed by atoms with Crippen molar-refractivity contribution in [3.05, 3.63) is 28.8 Å². The van der Waals surface area contributed by atoms with Gasteiger partial charge in [-0.15, -0.1) is 0 Å². The van der Waals surface area contributed by atoms with Crippen molar-refractivity contribution in [2.24, 2.45) is 5.92 Å². The zero-order valence-corrected chi connectivity index (χ0v) is 12.1. The number of rotatable bonds is 3. The van der Waals surface area contributed by atoms with Crippen molar-refractivity contribution in [3.63, 3.8) is 0 Å². The lowest BCUT2D eigenvalue weighted by Crippen LogP contribution is -2.33. The van der Waals surface area contributed by atoms with Crippen LogP contribution in [0.2, 0.25) is 5.02 Å². The highest BCUT2D eigenvalue weighted by atomic mass is 35.5. The van der Waals surface area contributed by atoms with E-state index in [9.17, 15) is 0 Å². The normalized spacial score (nSPS) is 24.3. The van der Waals surface area contributed by atoms with Crippen molar-refractivity contribution in [1.29, 1.82) is 0 Å². The minimum absolute atomic E-state index is 0.158. The molecule has 1 aliphatic rings. The maximum absolute atomic E-state index is 6.30. The highest BCUT2D eigenvalue weighted by Crippen LogP contribution is 2.34. The average molecular weight is 268 g/mol. The fourth-order valence-electron chi connectivity index (χ4n) is 2.61. The van der Waals surface area contributed by atoms with Gasteiger partial charge in [-0.3, -0.25) is 0 Å². The topological polar surface area (TPSA) is 21.3 Å². The molecule has 1 aromatic rings. The Labute approximate surface area is 115 Å². The van der Waals surface area contributed by atoms with Crippen LogP contribution in [0.15, 0.2) is 18.2 Å². The van der Waals surface area contributed by atoms with E-state index in [1.54, 1.807) is 0 Å². The number of piperidine rings is 1. The first-order valence-electron chi connectivity index (χ1n) is 6.74. The van der Waals surface area contributed by atoms with Gasteiger partial charge in [0.25, 0.3) is 0 Å². The molecule has 100 valence electrons. The third kappa shape index (κ3) is 3.18. The summed E-state index contributed by atoms with van der Waals surface area (Å²) in [6.07, 6.45) is 1.34. The summed E-state index contributed by atoms with van der Waals surface area (Å²) >= 11 is 6.30. The van der Waals surface area contributed by atoms with Gasteiger partial charge in [-0.1, -0.05) is 24.6 Å². The second kappa shape index (κ2) is 5.94. The summed E-state index contributed by atoms with van der Waals surface area (Å²) < 4.78 is 5.67. The molecule has 2 nitrogen and oxygen atoms in total. The predicted molar refractivity (Wildman–Crippen MR) is 76.6 cm³/mol. The molecule has 0 unspecified atom stereocenters. The fourth-order valence-corrected chi connectivity index (χ4v) is 2.84. The summed E-state index contributed by atoms with van der Waals surface area (Å²) in [5.74, 6) is 2.06. The van der Waals surface area contributed by atoms with E-state index in [0.717, 1.165) is 23.9 Å². The van der Waals surface area contributed by atoms with Gasteiger partial charge < -0.3 is 10.1 Å². The zero-order chi connectivity index (χ0) is 13.1. The Hall–Kier alpha value is -0.730. The molecule has 0 spiro atoms. The van der Waals surface area contributed by atoms with Crippen LogP contribution in [0.4, 0.5) is 0 Å². The molecule has 1 fully saturated rings. The SMILES string of the molecule is CC(C)Oc1ccc([C@@H]2CCNC[C@@H]2C)cc1Cl. The first kappa shape index (κ1) is 13.7. The predicted octanol–water partition coefficient (Wildman–Crippen LogP) is 3.84. The molecule has 0 bridgehead atoms. The molecule has 1 N–H and O–H groups in total. The molecule has 18 heavy (non-hydrogen) atoms. The monoisotopic (exact) mass is 267 g/mol. The van der Waals surface area contributed by atoms with Gasteiger partial charge in [-0.25, -0.2) is 0 Å². The van der Waals surface area contributed by atoms with Crippen LogP contribution in [0.5, 0.6) is 5.75 Å². The second-order valence-electron chi connectivity index (χ2n) is 5.43. The van der Waals surface area contributed by atoms with E-state index in [2.05, 4.69) is 24.4 Å². The maximum Gasteiger partial charge on any atom is 0.138 e. The summed E-state index contributed by atoms with van der Waals surface area (Å²) in [6, 6.07) is 6.24. The first-order valence-corrected chi connectivity index (χ1v) is 7.12. The highest BCUT2D eigenvalue weighted by Gasteiger charge is 2.23. The van der Waals surface area contributed by atoms with Crippen molar-refractivity contribution in [1.82, 2.24) is 5.32 Å². The molecule has 1 aromatic carbocycles. The molecule has 0 aromatic heterocycles. The summed E-state index contributed by atoms with van der Waals surface area (Å²) in [4.78, 5) is 0. The lowest BCUT2D eigenvalue weighted by molar-refractivity contribution is 0.242. The van der Waals surface area contributed by atoms with E-state index in [-0.39, 0.29) is 6.10 Å². The fraction of sp³-hybridized carbons (Fsp3) is 0.600. The summed E-state index contributed by atoms with van der Waals surface area (Å²) in [6.45, 7) is 8.50. The number of halogens is 1. The number of benzene rings is 1. The summed E-state index contributed by atoms with van der Waals surface area (Å²) in [7, 11) is 0. The molecule has 1 heterocycles. The molecule has 2 atom stereocenters. The molecule has 1 aliphatic heterocycles. The third-order valence-electron chi connectivity index (χ3n) is 3.53. The van der Waals surface area contributed by atoms with E-state index < -0.39 is 0 Å². The van der Waals surface area contributed by atoms with Crippen molar-refractivity contribution in [2.75, 3.05) is 13.1 Å². The highest BCUT2D eigenvalue weighted by molar-refractivity contribution is 6.32. The van der Waals surface area contributed by atoms with E-state index in [1.807, 2.05) is 19.9 Å². The Kier molecular flexibility index (Phi) is 4.52. The Bertz CT molecular complexity index is 405. The van der Waals surface area contributed by atoms with Crippen molar-refractivity contribution in [3.8, 4) is 5.75 Å². The minimum atomic E-state index is 0.158. The van der Waals surface area contributed by atoms with Gasteiger partial charge >= 0.3 is 0 Å². The Morgan fingerprint density at radius 3 is 2.78 bits per heavy atom. The van der Waals surface area contributed by atoms with Crippen LogP contribution in [-0.4, -0.2) is 19.2 Å². The quantitative estimate of drug-likeness (QED) is 0.898. The standard InChI is InChI=1S/C15H22ClNO/c1-10(2)18-15-5-4-12(8-14(15)16)13-6-7-17-9-11(13)3/h4-5,8,10-11,13,17H,6-7,9H2,1-3H3/t11-,13+/m0/s1. The van der Waals surface area contributed by atoms with Gasteiger partial charge in [0.05, 0.1) is 11.1 Å². The average Bonchev–Trinajstić information content (AvgIpc) is 2.32. The van der Waals surface area contributed by atoms with Crippen LogP contribution >= 0.6 is 11.6 Å². The Morgan fingerprint density at radius 1 is 1.39 bits per heavy atom. The summed E-state index contributed by atoms with van der Waals surface area (Å²) in [5.41, 5.74) is 1.34. The Morgan fingerprint density at radius 2 is 2.17 bits per heavy atom. The second-order valence-corrected chi connectivity index (χ2v) is 5.84. The van der Waals surface area contributed by atoms with Crippen molar-refractivity contribution >= 4 is 11.6 Å². The molecule has 0 saturated carbocycles. The number of nitrogens with one attached hydrogen (secondary N) is 1. The maximum atomic E-state index is 6.30. The molecule has 0 amide bonds. The molecule has 1 saturated heterocycles. The molecule has 3 heteroatoms. The van der Waals surface area contributed by atoms with Gasteiger partial charge in [-0.05, 0) is 62.9 Å². The minimum Gasteiger partial charge on any atom is -0.489 e. The molecule has 0 radical (unpaired) electrons. The van der Waals surface area contributed by atoms with Crippen molar-refractivity contribution < 1.29 is 4.74 Å². The van der Waals surface area contributed by atoms with E-state index in [0.29, 0.717) is 11.8 Å². The van der Waals surface area contributed by atoms with Gasteiger partial charge in [0.1, 0.15) is 5.75 Å². The largest absolute Gasteiger partial charge is 0.489 e. The zero-order valence-electron chi connectivity index (χ0n) is 11.4. The van der Waals surface area contributed by atoms with Crippen LogP contribution in [0.3, 0.4) is 0 Å². The van der Waals surface area contributed by atoms with Crippen LogP contribution in [0.25, 0.3) is 0 Å². The number of hydrogen-bond acceptors (Lipinski definition) is 2. The lowest BCUT2D eigenvalue weighted by Gasteiger charge is -2.30.